The Morgan fingerprint density at radius 1 is 1.00 bits per heavy atom. The molecule has 0 unspecified atom stereocenters. The van der Waals surface area contributed by atoms with Gasteiger partial charge in [0.25, 0.3) is 11.8 Å². The van der Waals surface area contributed by atoms with Gasteiger partial charge in [0.15, 0.2) is 9.84 Å². The maximum absolute atomic E-state index is 13.5. The lowest BCUT2D eigenvalue weighted by atomic mass is 10.0. The Morgan fingerprint density at radius 3 is 2.44 bits per heavy atom. The van der Waals surface area contributed by atoms with Crippen molar-refractivity contribution in [3.05, 3.63) is 95.1 Å². The van der Waals surface area contributed by atoms with Gasteiger partial charge in [-0.1, -0.05) is 54.6 Å². The van der Waals surface area contributed by atoms with E-state index in [1.54, 1.807) is 12.1 Å². The minimum atomic E-state index is -3.07. The molecule has 0 aliphatic carbocycles. The van der Waals surface area contributed by atoms with Crippen molar-refractivity contribution >= 4 is 38.7 Å². The summed E-state index contributed by atoms with van der Waals surface area (Å²) in [4.78, 5) is 33.2. The number of fused-ring (bicyclic) bond motifs is 1. The molecule has 5 rings (SSSR count). The number of aliphatic imine (C=N–C) groups is 1. The second-order valence-corrected chi connectivity index (χ2v) is 11.2. The van der Waals surface area contributed by atoms with E-state index in [2.05, 4.69) is 10.6 Å². The summed E-state index contributed by atoms with van der Waals surface area (Å²) in [7, 11) is -3.07. The molecule has 0 aromatic heterocycles. The van der Waals surface area contributed by atoms with Crippen molar-refractivity contribution in [2.45, 2.75) is 13.1 Å². The highest BCUT2D eigenvalue weighted by Crippen LogP contribution is 2.26. The van der Waals surface area contributed by atoms with Crippen LogP contribution in [0.3, 0.4) is 0 Å². The van der Waals surface area contributed by atoms with Crippen molar-refractivity contribution in [1.29, 1.82) is 0 Å². The molecule has 0 bridgehead atoms. The summed E-state index contributed by atoms with van der Waals surface area (Å²) < 4.78 is 23.8. The van der Waals surface area contributed by atoms with Crippen LogP contribution < -0.4 is 15.5 Å². The average molecular weight is 503 g/mol. The number of benzene rings is 3. The molecular weight excluding hydrogens is 476 g/mol. The summed E-state index contributed by atoms with van der Waals surface area (Å²) in [6.07, 6.45) is -1.16. The molecule has 0 saturated carbocycles. The van der Waals surface area contributed by atoms with Crippen LogP contribution in [0.25, 0.3) is 0 Å². The molecular formula is C27H26N4O4S. The fraction of sp³-hybridized carbons (Fsp3) is 0.222. The molecule has 184 valence electrons. The Morgan fingerprint density at radius 2 is 1.69 bits per heavy atom. The van der Waals surface area contributed by atoms with Crippen LogP contribution in [0.1, 0.15) is 27.0 Å². The number of nitrogens with one attached hydrogen (secondary N) is 2. The van der Waals surface area contributed by atoms with Gasteiger partial charge in [-0.25, -0.2) is 13.4 Å². The highest BCUT2D eigenvalue weighted by atomic mass is 32.2. The molecule has 2 heterocycles. The lowest BCUT2D eigenvalue weighted by molar-refractivity contribution is -0.117. The third-order valence-corrected chi connectivity index (χ3v) is 7.95. The highest BCUT2D eigenvalue weighted by Gasteiger charge is 2.29. The average Bonchev–Trinajstić information content (AvgIpc) is 3.00. The molecule has 1 fully saturated rings. The van der Waals surface area contributed by atoms with E-state index in [0.29, 0.717) is 35.7 Å². The first-order chi connectivity index (χ1) is 17.3. The monoisotopic (exact) mass is 502 g/mol. The Kier molecular flexibility index (Phi) is 6.32. The number of nitrogens with zero attached hydrogens (tertiary/aromatic N) is 2. The van der Waals surface area contributed by atoms with Crippen molar-refractivity contribution in [2.24, 2.45) is 4.99 Å². The number of anilines is 2. The topological polar surface area (TPSA) is 108 Å². The maximum atomic E-state index is 13.5. The zero-order valence-corrected chi connectivity index (χ0v) is 20.6. The molecule has 2 amide bonds. The lowest BCUT2D eigenvalue weighted by Crippen LogP contribution is -2.44. The largest absolute Gasteiger partial charge is 0.369 e. The van der Waals surface area contributed by atoms with E-state index in [1.165, 1.54) is 0 Å². The minimum absolute atomic E-state index is 0.0377. The van der Waals surface area contributed by atoms with Crippen molar-refractivity contribution < 1.29 is 18.0 Å². The first-order valence-corrected chi connectivity index (χ1v) is 13.5. The molecule has 0 radical (unpaired) electrons. The predicted octanol–water partition coefficient (Wildman–Crippen LogP) is 2.78. The molecule has 0 spiro atoms. The number of carbonyl (C=O) groups excluding carboxylic acids is 2. The standard InChI is InChI=1S/C27H26N4O4S/c1-18-11-12-21(23(17-18)31-13-15-36(34,35)16-14-31)26(32)30-25-27(33)28-22-10-6-5-9-20(22)24(29-25)19-7-3-2-4-8-19/h2-12,17,25H,13-16H2,1H3,(H,28,33)(H,30,32)/t25-/m1/s1. The van der Waals surface area contributed by atoms with Gasteiger partial charge in [-0.05, 0) is 30.7 Å². The molecule has 2 aliphatic heterocycles. The molecule has 2 N–H and O–H groups in total. The molecule has 3 aromatic carbocycles. The van der Waals surface area contributed by atoms with Gasteiger partial charge in [-0.2, -0.15) is 0 Å². The number of rotatable bonds is 4. The van der Waals surface area contributed by atoms with E-state index in [9.17, 15) is 18.0 Å². The first-order valence-electron chi connectivity index (χ1n) is 11.7. The first kappa shape index (κ1) is 23.7. The van der Waals surface area contributed by atoms with Crippen molar-refractivity contribution in [3.8, 4) is 0 Å². The number of hydrogen-bond acceptors (Lipinski definition) is 6. The third-order valence-electron chi connectivity index (χ3n) is 6.34. The summed E-state index contributed by atoms with van der Waals surface area (Å²) in [5, 5.41) is 5.67. The van der Waals surface area contributed by atoms with Crippen LogP contribution in [0.4, 0.5) is 11.4 Å². The van der Waals surface area contributed by atoms with E-state index < -0.39 is 27.8 Å². The van der Waals surface area contributed by atoms with Crippen LogP contribution >= 0.6 is 0 Å². The van der Waals surface area contributed by atoms with E-state index in [1.807, 2.05) is 72.5 Å². The molecule has 1 saturated heterocycles. The van der Waals surface area contributed by atoms with Gasteiger partial charge < -0.3 is 15.5 Å². The third kappa shape index (κ3) is 4.87. The minimum Gasteiger partial charge on any atom is -0.369 e. The second-order valence-electron chi connectivity index (χ2n) is 8.91. The quantitative estimate of drug-likeness (QED) is 0.571. The maximum Gasteiger partial charge on any atom is 0.269 e. The highest BCUT2D eigenvalue weighted by molar-refractivity contribution is 7.91. The van der Waals surface area contributed by atoms with Crippen molar-refractivity contribution in [2.75, 3.05) is 34.8 Å². The summed E-state index contributed by atoms with van der Waals surface area (Å²) in [6.45, 7) is 2.53. The Labute approximate surface area is 210 Å². The van der Waals surface area contributed by atoms with Gasteiger partial charge in [0.05, 0.1) is 28.5 Å². The van der Waals surface area contributed by atoms with Gasteiger partial charge in [-0.3, -0.25) is 9.59 Å². The van der Waals surface area contributed by atoms with E-state index in [-0.39, 0.29) is 11.5 Å². The van der Waals surface area contributed by atoms with Crippen LogP contribution in [0.15, 0.2) is 77.8 Å². The SMILES string of the molecule is Cc1ccc(C(=O)N[C@H]2N=C(c3ccccc3)c3ccccc3NC2=O)c(N2CCS(=O)(=O)CC2)c1. The Balaban J connectivity index is 1.48. The van der Waals surface area contributed by atoms with Crippen LogP contribution in [0.5, 0.6) is 0 Å². The summed E-state index contributed by atoms with van der Waals surface area (Å²) in [5.74, 6) is -0.827. The van der Waals surface area contributed by atoms with Crippen molar-refractivity contribution in [1.82, 2.24) is 5.32 Å². The Bertz CT molecular complexity index is 1450. The van der Waals surface area contributed by atoms with Gasteiger partial charge in [-0.15, -0.1) is 0 Å². The Hall–Kier alpha value is -3.98. The number of benzodiazepines with no additional fused rings is 1. The fourth-order valence-electron chi connectivity index (χ4n) is 4.43. The van der Waals surface area contributed by atoms with Gasteiger partial charge in [0, 0.05) is 29.9 Å². The number of para-hydroxylation sites is 1. The number of amides is 2. The summed E-state index contributed by atoms with van der Waals surface area (Å²) >= 11 is 0. The van der Waals surface area contributed by atoms with Crippen molar-refractivity contribution in [3.63, 3.8) is 0 Å². The van der Waals surface area contributed by atoms with E-state index in [4.69, 9.17) is 4.99 Å². The zero-order valence-electron chi connectivity index (χ0n) is 19.8. The number of aryl methyl sites for hydroxylation is 1. The molecule has 3 aromatic rings. The van der Waals surface area contributed by atoms with Crippen LogP contribution in [-0.4, -0.2) is 56.7 Å². The van der Waals surface area contributed by atoms with Gasteiger partial charge in [0.2, 0.25) is 6.17 Å². The predicted molar refractivity (Wildman–Crippen MR) is 140 cm³/mol. The smallest absolute Gasteiger partial charge is 0.269 e. The summed E-state index contributed by atoms with van der Waals surface area (Å²) in [5.41, 5.74) is 4.76. The zero-order chi connectivity index (χ0) is 25.3. The number of carbonyl (C=O) groups is 2. The van der Waals surface area contributed by atoms with E-state index >= 15 is 0 Å². The molecule has 8 nitrogen and oxygen atoms in total. The van der Waals surface area contributed by atoms with Gasteiger partial charge in [0.1, 0.15) is 0 Å². The van der Waals surface area contributed by atoms with Crippen LogP contribution in [0, 0.1) is 6.92 Å². The number of hydrogen-bond donors (Lipinski definition) is 2. The summed E-state index contributed by atoms with van der Waals surface area (Å²) in [6, 6.07) is 22.3. The molecule has 2 aliphatic rings. The van der Waals surface area contributed by atoms with Crippen LogP contribution in [-0.2, 0) is 14.6 Å². The normalized spacial score (nSPS) is 18.9. The number of sulfone groups is 1. The molecule has 1 atom stereocenters. The fourth-order valence-corrected chi connectivity index (χ4v) is 5.63. The molecule has 9 heteroatoms. The lowest BCUT2D eigenvalue weighted by Gasteiger charge is -2.30. The van der Waals surface area contributed by atoms with Crippen LogP contribution in [0.2, 0.25) is 0 Å². The second kappa shape index (κ2) is 9.58. The molecule has 36 heavy (non-hydrogen) atoms. The van der Waals surface area contributed by atoms with E-state index in [0.717, 1.165) is 16.7 Å². The van der Waals surface area contributed by atoms with Gasteiger partial charge >= 0.3 is 0 Å².